The molecule has 1 saturated heterocycles. The fraction of sp³-hybridized carbons (Fsp3) is 0.286. The average Bonchev–Trinajstić information content (AvgIpc) is 3.33. The fourth-order valence-corrected chi connectivity index (χ4v) is 3.58. The lowest BCUT2D eigenvalue weighted by molar-refractivity contribution is -0.121. The molecule has 138 valence electrons. The lowest BCUT2D eigenvalue weighted by Crippen LogP contribution is -2.43. The number of nitrogens with two attached hydrogens (primary N) is 1. The number of aryl methyl sites for hydroxylation is 1. The number of amides is 2. The summed E-state index contributed by atoms with van der Waals surface area (Å²) in [5.74, 6) is 0.130. The summed E-state index contributed by atoms with van der Waals surface area (Å²) in [4.78, 5) is 30.3. The first-order valence-corrected chi connectivity index (χ1v) is 9.17. The summed E-state index contributed by atoms with van der Waals surface area (Å²) < 4.78 is 5.65. The predicted octanol–water partition coefficient (Wildman–Crippen LogP) is 3.15. The predicted molar refractivity (Wildman–Crippen MR) is 102 cm³/mol. The van der Waals surface area contributed by atoms with Crippen molar-refractivity contribution < 1.29 is 14.0 Å². The van der Waals surface area contributed by atoms with Crippen molar-refractivity contribution in [2.45, 2.75) is 32.2 Å². The second-order valence-corrected chi connectivity index (χ2v) is 6.78. The molecule has 0 bridgehead atoms. The number of rotatable bonds is 4. The van der Waals surface area contributed by atoms with Crippen LogP contribution in [0.4, 0.5) is 0 Å². The van der Waals surface area contributed by atoms with Gasteiger partial charge >= 0.3 is 0 Å². The smallest absolute Gasteiger partial charge is 0.254 e. The highest BCUT2D eigenvalue weighted by Gasteiger charge is 2.33. The van der Waals surface area contributed by atoms with Gasteiger partial charge in [-0.05, 0) is 48.2 Å². The zero-order chi connectivity index (χ0) is 19.0. The molecule has 6 heteroatoms. The molecule has 1 aliphatic rings. The van der Waals surface area contributed by atoms with Crippen LogP contribution in [0.2, 0.25) is 0 Å². The third kappa shape index (κ3) is 3.18. The highest BCUT2D eigenvalue weighted by Crippen LogP contribution is 2.26. The van der Waals surface area contributed by atoms with Crippen molar-refractivity contribution >= 4 is 22.9 Å². The molecule has 2 N–H and O–H groups in total. The van der Waals surface area contributed by atoms with Gasteiger partial charge in [0.25, 0.3) is 5.91 Å². The van der Waals surface area contributed by atoms with Crippen LogP contribution in [-0.2, 0) is 11.2 Å². The Labute approximate surface area is 157 Å². The van der Waals surface area contributed by atoms with Gasteiger partial charge in [-0.2, -0.15) is 0 Å². The molecule has 3 aromatic rings. The molecule has 1 atom stereocenters. The third-order valence-corrected chi connectivity index (χ3v) is 5.04. The topological polar surface area (TPSA) is 89.4 Å². The van der Waals surface area contributed by atoms with E-state index >= 15 is 0 Å². The van der Waals surface area contributed by atoms with Crippen LogP contribution in [0.5, 0.6) is 0 Å². The molecule has 4 rings (SSSR count). The van der Waals surface area contributed by atoms with E-state index < -0.39 is 11.9 Å². The van der Waals surface area contributed by atoms with Crippen LogP contribution in [0.25, 0.3) is 22.2 Å². The Morgan fingerprint density at radius 2 is 1.93 bits per heavy atom. The second-order valence-electron chi connectivity index (χ2n) is 6.78. The van der Waals surface area contributed by atoms with Gasteiger partial charge in [0.15, 0.2) is 11.5 Å². The Hall–Kier alpha value is -3.15. The van der Waals surface area contributed by atoms with Gasteiger partial charge in [-0.3, -0.25) is 9.59 Å². The SMILES string of the molecule is CCc1nc2cc(-c3ccc(C(=O)N4CCC[C@H]4C(N)=O)cc3)ccc2o1. The monoisotopic (exact) mass is 363 g/mol. The summed E-state index contributed by atoms with van der Waals surface area (Å²) in [6.45, 7) is 2.57. The summed E-state index contributed by atoms with van der Waals surface area (Å²) >= 11 is 0. The van der Waals surface area contributed by atoms with Crippen LogP contribution in [0.1, 0.15) is 36.0 Å². The average molecular weight is 363 g/mol. The fourth-order valence-electron chi connectivity index (χ4n) is 3.58. The number of fused-ring (bicyclic) bond motifs is 1. The van der Waals surface area contributed by atoms with Gasteiger partial charge in [0.2, 0.25) is 5.91 Å². The van der Waals surface area contributed by atoms with Crippen molar-refractivity contribution in [1.82, 2.24) is 9.88 Å². The number of nitrogens with zero attached hydrogens (tertiary/aromatic N) is 2. The van der Waals surface area contributed by atoms with Gasteiger partial charge in [0.05, 0.1) is 0 Å². The Morgan fingerprint density at radius 1 is 1.19 bits per heavy atom. The minimum Gasteiger partial charge on any atom is -0.441 e. The number of likely N-dealkylation sites (tertiary alicyclic amines) is 1. The summed E-state index contributed by atoms with van der Waals surface area (Å²) in [7, 11) is 0. The van der Waals surface area contributed by atoms with Gasteiger partial charge in [-0.1, -0.05) is 25.1 Å². The number of benzene rings is 2. The first kappa shape index (κ1) is 17.3. The first-order chi connectivity index (χ1) is 13.1. The molecular weight excluding hydrogens is 342 g/mol. The molecular formula is C21H21N3O3. The van der Waals surface area contributed by atoms with Gasteiger partial charge in [-0.15, -0.1) is 0 Å². The van der Waals surface area contributed by atoms with Crippen LogP contribution < -0.4 is 5.73 Å². The molecule has 1 aromatic heterocycles. The second kappa shape index (κ2) is 6.87. The Kier molecular flexibility index (Phi) is 4.39. The van der Waals surface area contributed by atoms with Gasteiger partial charge in [0, 0.05) is 18.5 Å². The van der Waals surface area contributed by atoms with E-state index in [0.29, 0.717) is 18.5 Å². The van der Waals surface area contributed by atoms with Crippen molar-refractivity contribution in [2.24, 2.45) is 5.73 Å². The van der Waals surface area contributed by atoms with Crippen molar-refractivity contribution in [1.29, 1.82) is 0 Å². The molecule has 0 radical (unpaired) electrons. The standard InChI is InChI=1S/C21H21N3O3/c1-2-19-23-16-12-15(9-10-18(16)27-19)13-5-7-14(8-6-13)21(26)24-11-3-4-17(24)20(22)25/h5-10,12,17H,2-4,11H2,1H3,(H2,22,25)/t17-/m0/s1. The highest BCUT2D eigenvalue weighted by molar-refractivity contribution is 5.98. The normalized spacial score (nSPS) is 16.8. The molecule has 0 spiro atoms. The Morgan fingerprint density at radius 3 is 2.63 bits per heavy atom. The number of primary amides is 1. The quantitative estimate of drug-likeness (QED) is 0.771. The van der Waals surface area contributed by atoms with E-state index in [-0.39, 0.29) is 5.91 Å². The van der Waals surface area contributed by atoms with Gasteiger partial charge in [-0.25, -0.2) is 4.98 Å². The van der Waals surface area contributed by atoms with E-state index in [1.54, 1.807) is 17.0 Å². The molecule has 6 nitrogen and oxygen atoms in total. The van der Waals surface area contributed by atoms with Crippen LogP contribution >= 0.6 is 0 Å². The maximum absolute atomic E-state index is 12.7. The van der Waals surface area contributed by atoms with Crippen LogP contribution in [0.15, 0.2) is 46.9 Å². The molecule has 2 heterocycles. The summed E-state index contributed by atoms with van der Waals surface area (Å²) in [5, 5.41) is 0. The maximum Gasteiger partial charge on any atom is 0.254 e. The van der Waals surface area contributed by atoms with E-state index in [1.807, 2.05) is 37.3 Å². The highest BCUT2D eigenvalue weighted by atomic mass is 16.3. The van der Waals surface area contributed by atoms with E-state index in [9.17, 15) is 9.59 Å². The van der Waals surface area contributed by atoms with E-state index in [2.05, 4.69) is 4.98 Å². The van der Waals surface area contributed by atoms with E-state index in [0.717, 1.165) is 41.0 Å². The van der Waals surface area contributed by atoms with Crippen molar-refractivity contribution in [3.8, 4) is 11.1 Å². The zero-order valence-corrected chi connectivity index (χ0v) is 15.1. The van der Waals surface area contributed by atoms with Crippen LogP contribution in [0.3, 0.4) is 0 Å². The van der Waals surface area contributed by atoms with Crippen molar-refractivity contribution in [3.05, 3.63) is 53.9 Å². The number of oxazole rings is 1. The van der Waals surface area contributed by atoms with Crippen LogP contribution in [0, 0.1) is 0 Å². The summed E-state index contributed by atoms with van der Waals surface area (Å²) in [5.41, 5.74) is 9.57. The number of carbonyl (C=O) groups is 2. The zero-order valence-electron chi connectivity index (χ0n) is 15.1. The van der Waals surface area contributed by atoms with Gasteiger partial charge < -0.3 is 15.1 Å². The Balaban J connectivity index is 1.58. The maximum atomic E-state index is 12.7. The lowest BCUT2D eigenvalue weighted by Gasteiger charge is -2.22. The summed E-state index contributed by atoms with van der Waals surface area (Å²) in [6, 6.07) is 12.8. The first-order valence-electron chi connectivity index (χ1n) is 9.17. The van der Waals surface area contributed by atoms with Crippen molar-refractivity contribution in [3.63, 3.8) is 0 Å². The molecule has 0 unspecified atom stereocenters. The Bertz CT molecular complexity index is 1010. The third-order valence-electron chi connectivity index (χ3n) is 5.04. The van der Waals surface area contributed by atoms with Gasteiger partial charge in [0.1, 0.15) is 11.6 Å². The lowest BCUT2D eigenvalue weighted by atomic mass is 10.0. The molecule has 0 aliphatic carbocycles. The van der Waals surface area contributed by atoms with Crippen molar-refractivity contribution in [2.75, 3.05) is 6.54 Å². The van der Waals surface area contributed by atoms with E-state index in [4.69, 9.17) is 10.2 Å². The minimum absolute atomic E-state index is 0.151. The molecule has 0 saturated carbocycles. The van der Waals surface area contributed by atoms with Crippen LogP contribution in [-0.4, -0.2) is 34.3 Å². The molecule has 1 aliphatic heterocycles. The minimum atomic E-state index is -0.500. The number of carbonyl (C=O) groups excluding carboxylic acids is 2. The largest absolute Gasteiger partial charge is 0.441 e. The van der Waals surface area contributed by atoms with E-state index in [1.165, 1.54) is 0 Å². The molecule has 27 heavy (non-hydrogen) atoms. The summed E-state index contributed by atoms with van der Waals surface area (Å²) in [6.07, 6.45) is 2.19. The number of aromatic nitrogens is 1. The molecule has 2 amide bonds. The number of hydrogen-bond donors (Lipinski definition) is 1. The molecule has 2 aromatic carbocycles. The molecule has 1 fully saturated rings. The number of hydrogen-bond acceptors (Lipinski definition) is 4.